The van der Waals surface area contributed by atoms with Gasteiger partial charge in [0.25, 0.3) is 5.69 Å². The summed E-state index contributed by atoms with van der Waals surface area (Å²) in [6, 6.07) is 2.24. The standard InChI is InChI=1S/C9H7NO5/c1-5-2-6(4-11)3-7(10(14)15)8(5)9(12)13/h2-4H,1H3,(H,12,13). The minimum absolute atomic E-state index is 0.0872. The van der Waals surface area contributed by atoms with Crippen LogP contribution in [0.2, 0.25) is 0 Å². The molecule has 0 saturated heterocycles. The Morgan fingerprint density at radius 2 is 2.13 bits per heavy atom. The van der Waals surface area contributed by atoms with Crippen molar-refractivity contribution in [3.8, 4) is 0 Å². The summed E-state index contributed by atoms with van der Waals surface area (Å²) in [6.07, 6.45) is 0.436. The summed E-state index contributed by atoms with van der Waals surface area (Å²) < 4.78 is 0. The van der Waals surface area contributed by atoms with Crippen molar-refractivity contribution in [1.29, 1.82) is 0 Å². The largest absolute Gasteiger partial charge is 0.477 e. The summed E-state index contributed by atoms with van der Waals surface area (Å²) in [5.74, 6) is -1.38. The zero-order chi connectivity index (χ0) is 11.6. The van der Waals surface area contributed by atoms with Crippen LogP contribution in [-0.2, 0) is 0 Å². The van der Waals surface area contributed by atoms with E-state index in [0.29, 0.717) is 6.29 Å². The van der Waals surface area contributed by atoms with Crippen LogP contribution in [0.1, 0.15) is 26.3 Å². The molecule has 0 heterocycles. The molecule has 1 N–H and O–H groups in total. The van der Waals surface area contributed by atoms with Crippen LogP contribution in [-0.4, -0.2) is 22.3 Å². The third kappa shape index (κ3) is 1.98. The molecule has 0 unspecified atom stereocenters. The van der Waals surface area contributed by atoms with Crippen molar-refractivity contribution >= 4 is 17.9 Å². The van der Waals surface area contributed by atoms with E-state index in [0.717, 1.165) is 6.07 Å². The number of aryl methyl sites for hydroxylation is 1. The summed E-state index contributed by atoms with van der Waals surface area (Å²) in [7, 11) is 0. The second-order valence-corrected chi connectivity index (χ2v) is 2.91. The quantitative estimate of drug-likeness (QED) is 0.461. The topological polar surface area (TPSA) is 97.5 Å². The number of hydrogen-bond donors (Lipinski definition) is 1. The number of hydrogen-bond acceptors (Lipinski definition) is 4. The van der Waals surface area contributed by atoms with Gasteiger partial charge in [0, 0.05) is 11.6 Å². The van der Waals surface area contributed by atoms with Crippen molar-refractivity contribution in [2.24, 2.45) is 0 Å². The lowest BCUT2D eigenvalue weighted by Gasteiger charge is -2.02. The van der Waals surface area contributed by atoms with E-state index >= 15 is 0 Å². The molecule has 1 rings (SSSR count). The fourth-order valence-corrected chi connectivity index (χ4v) is 1.29. The second kappa shape index (κ2) is 3.87. The van der Waals surface area contributed by atoms with E-state index in [1.165, 1.54) is 13.0 Å². The SMILES string of the molecule is Cc1cc(C=O)cc([N+](=O)[O-])c1C(=O)O. The summed E-state index contributed by atoms with van der Waals surface area (Å²) in [5, 5.41) is 19.3. The number of nitro groups is 1. The molecule has 0 atom stereocenters. The van der Waals surface area contributed by atoms with Gasteiger partial charge in [0.15, 0.2) is 0 Å². The van der Waals surface area contributed by atoms with Crippen LogP contribution in [0.25, 0.3) is 0 Å². The summed E-state index contributed by atoms with van der Waals surface area (Å²) in [5.41, 5.74) is -0.668. The molecule has 0 aliphatic carbocycles. The molecule has 6 heteroatoms. The smallest absolute Gasteiger partial charge is 0.343 e. The maximum atomic E-state index is 10.8. The third-order valence-electron chi connectivity index (χ3n) is 1.88. The normalized spacial score (nSPS) is 9.67. The Morgan fingerprint density at radius 3 is 2.53 bits per heavy atom. The molecule has 0 amide bonds. The number of carboxylic acid groups (broad SMARTS) is 1. The maximum absolute atomic E-state index is 10.8. The molecule has 1 aromatic rings. The fraction of sp³-hybridized carbons (Fsp3) is 0.111. The lowest BCUT2D eigenvalue weighted by atomic mass is 10.0. The van der Waals surface area contributed by atoms with E-state index < -0.39 is 16.6 Å². The first kappa shape index (κ1) is 10.8. The fourth-order valence-electron chi connectivity index (χ4n) is 1.29. The highest BCUT2D eigenvalue weighted by Gasteiger charge is 2.22. The Kier molecular flexibility index (Phi) is 2.80. The summed E-state index contributed by atoms with van der Waals surface area (Å²) in [6.45, 7) is 1.41. The van der Waals surface area contributed by atoms with Crippen molar-refractivity contribution in [2.75, 3.05) is 0 Å². The predicted molar refractivity (Wildman–Crippen MR) is 50.2 cm³/mol. The number of carbonyl (C=O) groups is 2. The molecule has 0 saturated carbocycles. The van der Waals surface area contributed by atoms with Gasteiger partial charge >= 0.3 is 5.97 Å². The number of aldehydes is 1. The van der Waals surface area contributed by atoms with Crippen molar-refractivity contribution in [1.82, 2.24) is 0 Å². The monoisotopic (exact) mass is 209 g/mol. The van der Waals surface area contributed by atoms with Gasteiger partial charge in [-0.25, -0.2) is 4.79 Å². The maximum Gasteiger partial charge on any atom is 0.343 e. The van der Waals surface area contributed by atoms with Gasteiger partial charge in [-0.1, -0.05) is 0 Å². The van der Waals surface area contributed by atoms with Gasteiger partial charge in [-0.05, 0) is 18.6 Å². The van der Waals surface area contributed by atoms with Crippen molar-refractivity contribution in [2.45, 2.75) is 6.92 Å². The molecule has 0 bridgehead atoms. The minimum Gasteiger partial charge on any atom is -0.477 e. The van der Waals surface area contributed by atoms with Crippen LogP contribution in [0.4, 0.5) is 5.69 Å². The van der Waals surface area contributed by atoms with Crippen LogP contribution >= 0.6 is 0 Å². The molecular weight excluding hydrogens is 202 g/mol. The zero-order valence-corrected chi connectivity index (χ0v) is 7.76. The highest BCUT2D eigenvalue weighted by atomic mass is 16.6. The molecule has 0 spiro atoms. The van der Waals surface area contributed by atoms with E-state index in [2.05, 4.69) is 0 Å². The minimum atomic E-state index is -1.38. The summed E-state index contributed by atoms with van der Waals surface area (Å²) in [4.78, 5) is 31.0. The van der Waals surface area contributed by atoms with E-state index in [-0.39, 0.29) is 16.7 Å². The molecule has 6 nitrogen and oxygen atoms in total. The van der Waals surface area contributed by atoms with Gasteiger partial charge in [0.1, 0.15) is 11.8 Å². The Morgan fingerprint density at radius 1 is 1.53 bits per heavy atom. The molecule has 0 fully saturated rings. The number of rotatable bonds is 3. The van der Waals surface area contributed by atoms with E-state index in [4.69, 9.17) is 5.11 Å². The first-order valence-electron chi connectivity index (χ1n) is 3.95. The molecule has 0 aliphatic heterocycles. The van der Waals surface area contributed by atoms with Crippen molar-refractivity contribution in [3.05, 3.63) is 38.9 Å². The van der Waals surface area contributed by atoms with Crippen LogP contribution in [0.5, 0.6) is 0 Å². The molecule has 0 aliphatic rings. The number of carbonyl (C=O) groups excluding carboxylic acids is 1. The van der Waals surface area contributed by atoms with Crippen LogP contribution in [0, 0.1) is 17.0 Å². The second-order valence-electron chi connectivity index (χ2n) is 2.91. The third-order valence-corrected chi connectivity index (χ3v) is 1.88. The predicted octanol–water partition coefficient (Wildman–Crippen LogP) is 1.41. The summed E-state index contributed by atoms with van der Waals surface area (Å²) >= 11 is 0. The average Bonchev–Trinajstić information content (AvgIpc) is 2.15. The van der Waals surface area contributed by atoms with Gasteiger partial charge in [-0.3, -0.25) is 14.9 Å². The van der Waals surface area contributed by atoms with Crippen LogP contribution in [0.3, 0.4) is 0 Å². The number of carboxylic acids is 1. The van der Waals surface area contributed by atoms with Gasteiger partial charge in [-0.15, -0.1) is 0 Å². The van der Waals surface area contributed by atoms with Crippen molar-refractivity contribution < 1.29 is 19.6 Å². The Bertz CT molecular complexity index is 452. The van der Waals surface area contributed by atoms with E-state index in [9.17, 15) is 19.7 Å². The first-order valence-corrected chi connectivity index (χ1v) is 3.95. The van der Waals surface area contributed by atoms with Gasteiger partial charge in [-0.2, -0.15) is 0 Å². The Hall–Kier alpha value is -2.24. The average molecular weight is 209 g/mol. The highest BCUT2D eigenvalue weighted by Crippen LogP contribution is 2.23. The Labute approximate surface area is 84.3 Å². The number of nitrogens with zero attached hydrogens (tertiary/aromatic N) is 1. The Balaban J connectivity index is 3.56. The van der Waals surface area contributed by atoms with Crippen LogP contribution in [0.15, 0.2) is 12.1 Å². The number of benzene rings is 1. The lowest BCUT2D eigenvalue weighted by Crippen LogP contribution is -2.06. The highest BCUT2D eigenvalue weighted by molar-refractivity contribution is 5.95. The molecular formula is C9H7NO5. The number of nitro benzene ring substituents is 1. The molecule has 78 valence electrons. The van der Waals surface area contributed by atoms with Crippen molar-refractivity contribution in [3.63, 3.8) is 0 Å². The lowest BCUT2D eigenvalue weighted by molar-refractivity contribution is -0.385. The van der Waals surface area contributed by atoms with Gasteiger partial charge in [0.2, 0.25) is 0 Å². The zero-order valence-electron chi connectivity index (χ0n) is 7.76. The van der Waals surface area contributed by atoms with Gasteiger partial charge < -0.3 is 5.11 Å². The number of aromatic carboxylic acids is 1. The molecule has 1 aromatic carbocycles. The molecule has 15 heavy (non-hydrogen) atoms. The van der Waals surface area contributed by atoms with Crippen LogP contribution < -0.4 is 0 Å². The molecule has 0 aromatic heterocycles. The van der Waals surface area contributed by atoms with Gasteiger partial charge in [0.05, 0.1) is 4.92 Å². The molecule has 0 radical (unpaired) electrons. The van der Waals surface area contributed by atoms with E-state index in [1.807, 2.05) is 0 Å². The first-order chi connectivity index (χ1) is 6.97. The van der Waals surface area contributed by atoms with E-state index in [1.54, 1.807) is 0 Å².